The summed E-state index contributed by atoms with van der Waals surface area (Å²) in [6.07, 6.45) is 1.66. The minimum Gasteiger partial charge on any atom is -0.496 e. The number of methoxy groups -OCH3 is 1. The van der Waals surface area contributed by atoms with E-state index in [2.05, 4.69) is 4.99 Å². The summed E-state index contributed by atoms with van der Waals surface area (Å²) >= 11 is 13.9. The quantitative estimate of drug-likeness (QED) is 0.395. The van der Waals surface area contributed by atoms with Crippen LogP contribution in [0.3, 0.4) is 0 Å². The number of carbonyl (C=O) groups excluding carboxylic acids is 1. The Kier molecular flexibility index (Phi) is 4.68. The van der Waals surface area contributed by atoms with Gasteiger partial charge in [0.15, 0.2) is 5.70 Å². The number of cyclic esters (lactones) is 1. The van der Waals surface area contributed by atoms with Crippen LogP contribution in [0.1, 0.15) is 16.0 Å². The molecule has 4 rings (SSSR count). The Bertz CT molecular complexity index is 1150. The maximum absolute atomic E-state index is 12.3. The van der Waals surface area contributed by atoms with E-state index < -0.39 is 5.97 Å². The minimum absolute atomic E-state index is 0.202. The number of halogens is 2. The van der Waals surface area contributed by atoms with E-state index in [-0.39, 0.29) is 11.6 Å². The summed E-state index contributed by atoms with van der Waals surface area (Å²) in [7, 11) is 1.61. The Hall–Kier alpha value is -2.34. The molecule has 4 nitrogen and oxygen atoms in total. The second kappa shape index (κ2) is 7.00. The zero-order valence-electron chi connectivity index (χ0n) is 14.4. The first kappa shape index (κ1) is 18.0. The fraction of sp³-hybridized carbons (Fsp3) is 0.100. The Balaban J connectivity index is 1.74. The highest BCUT2D eigenvalue weighted by Gasteiger charge is 2.28. The van der Waals surface area contributed by atoms with Crippen molar-refractivity contribution in [1.29, 1.82) is 0 Å². The predicted octanol–water partition coefficient (Wildman–Crippen LogP) is 5.87. The van der Waals surface area contributed by atoms with E-state index in [9.17, 15) is 4.79 Å². The molecule has 1 aliphatic rings. The topological polar surface area (TPSA) is 47.9 Å². The van der Waals surface area contributed by atoms with Gasteiger partial charge < -0.3 is 9.47 Å². The normalized spacial score (nSPS) is 15.3. The average molecular weight is 418 g/mol. The van der Waals surface area contributed by atoms with Gasteiger partial charge in [-0.2, -0.15) is 0 Å². The third-order valence-electron chi connectivity index (χ3n) is 4.14. The molecule has 1 aromatic heterocycles. The lowest BCUT2D eigenvalue weighted by Crippen LogP contribution is -2.04. The minimum atomic E-state index is -0.518. The SMILES string of the molecule is COc1cc(/C=C2\N=C(c3sc4cc(Cl)ccc4c3Cl)OC2=O)ccc1C. The van der Waals surface area contributed by atoms with Crippen molar-refractivity contribution < 1.29 is 14.3 Å². The summed E-state index contributed by atoms with van der Waals surface area (Å²) in [6.45, 7) is 1.95. The van der Waals surface area contributed by atoms with Crippen LogP contribution in [-0.4, -0.2) is 19.0 Å². The largest absolute Gasteiger partial charge is 0.496 e. The molecule has 0 fully saturated rings. The molecular formula is C20H13Cl2NO3S. The number of aliphatic imine (C=N–C) groups is 1. The van der Waals surface area contributed by atoms with Crippen LogP contribution in [0.2, 0.25) is 10.0 Å². The van der Waals surface area contributed by atoms with Crippen molar-refractivity contribution in [2.24, 2.45) is 4.99 Å². The number of carbonyl (C=O) groups is 1. The second-order valence-electron chi connectivity index (χ2n) is 5.95. The molecule has 2 aromatic carbocycles. The van der Waals surface area contributed by atoms with Gasteiger partial charge in [-0.05, 0) is 42.3 Å². The lowest BCUT2D eigenvalue weighted by Gasteiger charge is -2.04. The third kappa shape index (κ3) is 3.34. The third-order valence-corrected chi connectivity index (χ3v) is 6.02. The van der Waals surface area contributed by atoms with Crippen LogP contribution in [0.5, 0.6) is 5.75 Å². The Morgan fingerprint density at radius 1 is 1.19 bits per heavy atom. The molecule has 3 aromatic rings. The zero-order valence-corrected chi connectivity index (χ0v) is 16.7. The number of hydrogen-bond acceptors (Lipinski definition) is 5. The zero-order chi connectivity index (χ0) is 19.1. The number of fused-ring (bicyclic) bond motifs is 1. The number of hydrogen-bond donors (Lipinski definition) is 0. The average Bonchev–Trinajstić information content (AvgIpc) is 3.16. The van der Waals surface area contributed by atoms with Crippen LogP contribution in [0, 0.1) is 6.92 Å². The Labute approximate surface area is 169 Å². The van der Waals surface area contributed by atoms with Crippen molar-refractivity contribution in [3.05, 3.63) is 68.1 Å². The number of nitrogens with zero attached hydrogens (tertiary/aromatic N) is 1. The first-order valence-electron chi connectivity index (χ1n) is 8.01. The standard InChI is InChI=1S/C20H13Cl2NO3S/c1-10-3-4-11(8-15(10)25-2)7-14-20(24)26-19(23-14)18-17(22)13-6-5-12(21)9-16(13)27-18/h3-9H,1-2H3/b14-7-. The van der Waals surface area contributed by atoms with Gasteiger partial charge in [0.25, 0.3) is 0 Å². The molecule has 27 heavy (non-hydrogen) atoms. The van der Waals surface area contributed by atoms with Crippen LogP contribution >= 0.6 is 34.5 Å². The molecule has 0 bridgehead atoms. The number of esters is 1. The fourth-order valence-corrected chi connectivity index (χ4v) is 4.48. The molecule has 0 aliphatic carbocycles. The summed E-state index contributed by atoms with van der Waals surface area (Å²) in [5.41, 5.74) is 2.01. The molecule has 0 saturated carbocycles. The fourth-order valence-electron chi connectivity index (χ4n) is 2.77. The summed E-state index contributed by atoms with van der Waals surface area (Å²) < 4.78 is 11.6. The maximum Gasteiger partial charge on any atom is 0.363 e. The first-order valence-corrected chi connectivity index (χ1v) is 9.58. The van der Waals surface area contributed by atoms with Crippen LogP contribution < -0.4 is 4.74 Å². The maximum atomic E-state index is 12.3. The van der Waals surface area contributed by atoms with Gasteiger partial charge >= 0.3 is 5.97 Å². The number of thiophene rings is 1. The summed E-state index contributed by atoms with van der Waals surface area (Å²) in [6, 6.07) is 11.1. The van der Waals surface area contributed by atoms with Gasteiger partial charge in [-0.1, -0.05) is 41.4 Å². The van der Waals surface area contributed by atoms with Crippen molar-refractivity contribution in [2.75, 3.05) is 7.11 Å². The van der Waals surface area contributed by atoms with Crippen molar-refractivity contribution in [2.45, 2.75) is 6.92 Å². The van der Waals surface area contributed by atoms with Crippen molar-refractivity contribution in [3.63, 3.8) is 0 Å². The molecule has 0 unspecified atom stereocenters. The lowest BCUT2D eigenvalue weighted by molar-refractivity contribution is -0.129. The van der Waals surface area contributed by atoms with Crippen LogP contribution in [0.25, 0.3) is 16.2 Å². The molecule has 0 atom stereocenters. The van der Waals surface area contributed by atoms with E-state index in [1.807, 2.05) is 37.3 Å². The molecule has 136 valence electrons. The Morgan fingerprint density at radius 2 is 2.00 bits per heavy atom. The highest BCUT2D eigenvalue weighted by molar-refractivity contribution is 7.21. The van der Waals surface area contributed by atoms with Gasteiger partial charge in [-0.25, -0.2) is 9.79 Å². The van der Waals surface area contributed by atoms with E-state index in [1.54, 1.807) is 19.3 Å². The molecule has 0 spiro atoms. The van der Waals surface area contributed by atoms with Crippen molar-refractivity contribution >= 4 is 62.6 Å². The van der Waals surface area contributed by atoms with E-state index in [1.165, 1.54) is 11.3 Å². The second-order valence-corrected chi connectivity index (χ2v) is 7.82. The molecule has 0 radical (unpaired) electrons. The monoisotopic (exact) mass is 417 g/mol. The predicted molar refractivity (Wildman–Crippen MR) is 110 cm³/mol. The molecule has 7 heteroatoms. The van der Waals surface area contributed by atoms with Gasteiger partial charge in [-0.15, -0.1) is 11.3 Å². The van der Waals surface area contributed by atoms with Crippen LogP contribution in [0.15, 0.2) is 47.1 Å². The number of benzene rings is 2. The number of aryl methyl sites for hydroxylation is 1. The first-order chi connectivity index (χ1) is 13.0. The number of rotatable bonds is 3. The molecule has 1 aliphatic heterocycles. The van der Waals surface area contributed by atoms with Gasteiger partial charge in [0, 0.05) is 15.1 Å². The summed E-state index contributed by atoms with van der Waals surface area (Å²) in [5, 5.41) is 1.96. The highest BCUT2D eigenvalue weighted by atomic mass is 35.5. The lowest BCUT2D eigenvalue weighted by atomic mass is 10.1. The van der Waals surface area contributed by atoms with E-state index in [0.29, 0.717) is 14.9 Å². The van der Waals surface area contributed by atoms with E-state index in [4.69, 9.17) is 32.7 Å². The molecular weight excluding hydrogens is 405 g/mol. The van der Waals surface area contributed by atoms with Gasteiger partial charge in [0.05, 0.1) is 12.1 Å². The Morgan fingerprint density at radius 3 is 2.78 bits per heavy atom. The van der Waals surface area contributed by atoms with Gasteiger partial charge in [-0.3, -0.25) is 0 Å². The van der Waals surface area contributed by atoms with E-state index in [0.717, 1.165) is 27.0 Å². The van der Waals surface area contributed by atoms with Crippen molar-refractivity contribution in [1.82, 2.24) is 0 Å². The van der Waals surface area contributed by atoms with Gasteiger partial charge in [0.1, 0.15) is 10.6 Å². The highest BCUT2D eigenvalue weighted by Crippen LogP contribution is 2.38. The van der Waals surface area contributed by atoms with Crippen LogP contribution in [0.4, 0.5) is 0 Å². The van der Waals surface area contributed by atoms with E-state index >= 15 is 0 Å². The van der Waals surface area contributed by atoms with Crippen LogP contribution in [-0.2, 0) is 9.53 Å². The molecule has 0 saturated heterocycles. The molecule has 2 heterocycles. The smallest absolute Gasteiger partial charge is 0.363 e. The summed E-state index contributed by atoms with van der Waals surface area (Å²) in [5.74, 6) is 0.424. The van der Waals surface area contributed by atoms with Gasteiger partial charge in [0.2, 0.25) is 5.90 Å². The molecule has 0 N–H and O–H groups in total. The summed E-state index contributed by atoms with van der Waals surface area (Å²) in [4.78, 5) is 17.2. The number of ether oxygens (including phenoxy) is 2. The molecule has 0 amide bonds. The van der Waals surface area contributed by atoms with Crippen molar-refractivity contribution in [3.8, 4) is 5.75 Å².